The molecule has 0 aliphatic rings. The Morgan fingerprint density at radius 1 is 1.20 bits per heavy atom. The van der Waals surface area contributed by atoms with Gasteiger partial charge >= 0.3 is 5.69 Å². The third-order valence-corrected chi connectivity index (χ3v) is 0.965. The summed E-state index contributed by atoms with van der Waals surface area (Å²) in [6, 6.07) is 5.93. The molecule has 1 aromatic carbocycles. The Kier molecular flexibility index (Phi) is 3.23. The highest BCUT2D eigenvalue weighted by atomic mass is 35.5. The lowest BCUT2D eigenvalue weighted by atomic mass is 10.3. The highest BCUT2D eigenvalue weighted by molar-refractivity contribution is 5.45. The zero-order valence-corrected chi connectivity index (χ0v) is 5.78. The summed E-state index contributed by atoms with van der Waals surface area (Å²) >= 11 is 0. The fourth-order valence-electron chi connectivity index (χ4n) is 0.519. The minimum atomic E-state index is 0. The van der Waals surface area contributed by atoms with Crippen LogP contribution in [0.25, 0.3) is 4.98 Å². The molecule has 4 heteroatoms. The minimum Gasteiger partial charge on any atom is -1.00 e. The highest BCUT2D eigenvalue weighted by Gasteiger charge is 1.99. The molecule has 1 N–H and O–H groups in total. The molecule has 0 radical (unpaired) electrons. The van der Waals surface area contributed by atoms with Crippen LogP contribution in [0.5, 0.6) is 5.75 Å². The highest BCUT2D eigenvalue weighted by Crippen LogP contribution is 2.15. The molecular weight excluding hydrogens is 152 g/mol. The Morgan fingerprint density at radius 2 is 1.70 bits per heavy atom. The summed E-state index contributed by atoms with van der Waals surface area (Å²) in [6.45, 7) is 0. The van der Waals surface area contributed by atoms with Gasteiger partial charge in [-0.25, -0.2) is 0 Å². The first-order valence-electron chi connectivity index (χ1n) is 2.47. The van der Waals surface area contributed by atoms with Crippen LogP contribution in [0.4, 0.5) is 5.69 Å². The molecule has 1 aromatic rings. The third-order valence-electron chi connectivity index (χ3n) is 0.965. The molecule has 0 atom stereocenters. The number of aromatic hydroxyl groups is 1. The SMILES string of the molecule is N#[N+]c1ccc(O)cc1.[Cl-]. The third kappa shape index (κ3) is 1.92. The number of rotatable bonds is 0. The van der Waals surface area contributed by atoms with Crippen LogP contribution in [0.2, 0.25) is 0 Å². The number of phenols is 1. The van der Waals surface area contributed by atoms with Crippen molar-refractivity contribution >= 4 is 5.69 Å². The molecule has 52 valence electrons. The predicted molar refractivity (Wildman–Crippen MR) is 32.9 cm³/mol. The van der Waals surface area contributed by atoms with E-state index in [-0.39, 0.29) is 18.2 Å². The van der Waals surface area contributed by atoms with E-state index in [9.17, 15) is 0 Å². The molecule has 3 nitrogen and oxygen atoms in total. The van der Waals surface area contributed by atoms with E-state index in [4.69, 9.17) is 10.5 Å². The summed E-state index contributed by atoms with van der Waals surface area (Å²) in [5, 5.41) is 16.9. The van der Waals surface area contributed by atoms with Crippen LogP contribution in [-0.2, 0) is 0 Å². The van der Waals surface area contributed by atoms with Crippen molar-refractivity contribution in [1.82, 2.24) is 0 Å². The van der Waals surface area contributed by atoms with Crippen LogP contribution in [0.15, 0.2) is 24.3 Å². The number of nitrogens with zero attached hydrogens (tertiary/aromatic N) is 2. The lowest BCUT2D eigenvalue weighted by Crippen LogP contribution is -3.00. The monoisotopic (exact) mass is 156 g/mol. The van der Waals surface area contributed by atoms with Gasteiger partial charge in [-0.1, -0.05) is 0 Å². The molecule has 0 spiro atoms. The van der Waals surface area contributed by atoms with Gasteiger partial charge in [-0.05, 0) is 12.1 Å². The second-order valence-corrected chi connectivity index (χ2v) is 1.62. The zero-order chi connectivity index (χ0) is 6.69. The standard InChI is InChI=1S/C6H4N2O.ClH/c7-8-5-1-3-6(9)4-2-5;/h1-4H;1H. The van der Waals surface area contributed by atoms with E-state index < -0.39 is 0 Å². The van der Waals surface area contributed by atoms with Crippen molar-refractivity contribution in [3.63, 3.8) is 0 Å². The first kappa shape index (κ1) is 8.73. The van der Waals surface area contributed by atoms with Gasteiger partial charge in [0.05, 0.1) is 0 Å². The van der Waals surface area contributed by atoms with Crippen LogP contribution in [0.3, 0.4) is 0 Å². The van der Waals surface area contributed by atoms with Crippen molar-refractivity contribution in [1.29, 1.82) is 5.39 Å². The average molecular weight is 157 g/mol. The first-order chi connectivity index (χ1) is 4.33. The average Bonchev–Trinajstić information content (AvgIpc) is 1.90. The fraction of sp³-hybridized carbons (Fsp3) is 0. The maximum Gasteiger partial charge on any atom is 0.385 e. The molecule has 1 rings (SSSR count). The zero-order valence-electron chi connectivity index (χ0n) is 5.03. The normalized spacial score (nSPS) is 7.50. The van der Waals surface area contributed by atoms with Crippen molar-refractivity contribution < 1.29 is 17.5 Å². The molecule has 0 amide bonds. The van der Waals surface area contributed by atoms with E-state index in [1.54, 1.807) is 0 Å². The van der Waals surface area contributed by atoms with Crippen LogP contribution in [-0.4, -0.2) is 5.11 Å². The summed E-state index contributed by atoms with van der Waals surface area (Å²) < 4.78 is 0. The summed E-state index contributed by atoms with van der Waals surface area (Å²) in [7, 11) is 0. The van der Waals surface area contributed by atoms with Gasteiger partial charge in [-0.3, -0.25) is 0 Å². The van der Waals surface area contributed by atoms with Crippen LogP contribution < -0.4 is 12.4 Å². The van der Waals surface area contributed by atoms with E-state index in [1.165, 1.54) is 24.3 Å². The second kappa shape index (κ2) is 3.70. The number of halogens is 1. The lowest BCUT2D eigenvalue weighted by Gasteiger charge is -1.81. The Labute approximate surface area is 64.3 Å². The minimum absolute atomic E-state index is 0. The Bertz CT molecular complexity index is 239. The van der Waals surface area contributed by atoms with Crippen molar-refractivity contribution in [2.45, 2.75) is 0 Å². The summed E-state index contributed by atoms with van der Waals surface area (Å²) in [5.74, 6) is 0.169. The number of hydrogen-bond donors (Lipinski definition) is 1. The van der Waals surface area contributed by atoms with E-state index in [0.29, 0.717) is 5.69 Å². The largest absolute Gasteiger partial charge is 1.00 e. The van der Waals surface area contributed by atoms with E-state index in [1.807, 2.05) is 0 Å². The van der Waals surface area contributed by atoms with Crippen LogP contribution >= 0.6 is 0 Å². The molecular formula is C6H5ClN2O. The van der Waals surface area contributed by atoms with Gasteiger partial charge in [-0.2, -0.15) is 0 Å². The predicted octanol–water partition coefficient (Wildman–Crippen LogP) is -1.12. The molecule has 0 unspecified atom stereocenters. The Morgan fingerprint density at radius 3 is 2.10 bits per heavy atom. The molecule has 0 saturated carbocycles. The van der Waals surface area contributed by atoms with Gasteiger partial charge in [0.1, 0.15) is 5.75 Å². The van der Waals surface area contributed by atoms with Crippen molar-refractivity contribution in [3.8, 4) is 5.75 Å². The molecule has 10 heavy (non-hydrogen) atoms. The van der Waals surface area contributed by atoms with Crippen LogP contribution in [0.1, 0.15) is 0 Å². The van der Waals surface area contributed by atoms with Crippen molar-refractivity contribution in [3.05, 3.63) is 29.2 Å². The molecule has 0 aliphatic carbocycles. The molecule has 0 saturated heterocycles. The van der Waals surface area contributed by atoms with E-state index in [2.05, 4.69) is 4.98 Å². The summed E-state index contributed by atoms with van der Waals surface area (Å²) in [4.78, 5) is 2.90. The van der Waals surface area contributed by atoms with Gasteiger partial charge < -0.3 is 17.5 Å². The number of phenolic OH excluding ortho intramolecular Hbond substituents is 1. The summed E-state index contributed by atoms with van der Waals surface area (Å²) in [6.07, 6.45) is 0. The fourth-order valence-corrected chi connectivity index (χ4v) is 0.519. The second-order valence-electron chi connectivity index (χ2n) is 1.62. The maximum absolute atomic E-state index is 8.73. The molecule has 0 aliphatic heterocycles. The molecule has 0 heterocycles. The quantitative estimate of drug-likeness (QED) is 0.484. The van der Waals surface area contributed by atoms with E-state index >= 15 is 0 Å². The Hall–Kier alpha value is -1.27. The summed E-state index contributed by atoms with van der Waals surface area (Å²) in [5.41, 5.74) is 0.438. The van der Waals surface area contributed by atoms with Gasteiger partial charge in [-0.15, -0.1) is 0 Å². The molecule has 0 aromatic heterocycles. The van der Waals surface area contributed by atoms with Crippen molar-refractivity contribution in [2.24, 2.45) is 0 Å². The lowest BCUT2D eigenvalue weighted by molar-refractivity contribution is -0.00000311. The number of benzene rings is 1. The van der Waals surface area contributed by atoms with Crippen LogP contribution in [0, 0.1) is 5.39 Å². The van der Waals surface area contributed by atoms with Gasteiger partial charge in [0.15, 0.2) is 4.98 Å². The topological polar surface area (TPSA) is 48.4 Å². The van der Waals surface area contributed by atoms with E-state index in [0.717, 1.165) is 0 Å². The van der Waals surface area contributed by atoms with Gasteiger partial charge in [0, 0.05) is 12.1 Å². The number of hydrogen-bond acceptors (Lipinski definition) is 2. The van der Waals surface area contributed by atoms with Gasteiger partial charge in [0.25, 0.3) is 0 Å². The smallest absolute Gasteiger partial charge is 0.385 e. The van der Waals surface area contributed by atoms with Crippen molar-refractivity contribution in [2.75, 3.05) is 0 Å². The Balaban J connectivity index is 0.000000810. The number of diazo groups is 1. The molecule has 0 fully saturated rings. The molecule has 0 bridgehead atoms. The van der Waals surface area contributed by atoms with Gasteiger partial charge in [0.2, 0.25) is 5.39 Å². The maximum atomic E-state index is 8.73. The first-order valence-corrected chi connectivity index (χ1v) is 2.47.